The predicted molar refractivity (Wildman–Crippen MR) is 73.2 cm³/mol. The minimum Gasteiger partial charge on any atom is -0.377 e. The highest BCUT2D eigenvalue weighted by Gasteiger charge is 2.31. The van der Waals surface area contributed by atoms with Crippen molar-refractivity contribution in [2.45, 2.75) is 39.2 Å². The Labute approximate surface area is 115 Å². The van der Waals surface area contributed by atoms with Gasteiger partial charge in [-0.05, 0) is 24.7 Å². The van der Waals surface area contributed by atoms with E-state index >= 15 is 0 Å². The molecule has 2 aliphatic heterocycles. The van der Waals surface area contributed by atoms with E-state index in [1.54, 1.807) is 0 Å². The van der Waals surface area contributed by atoms with Crippen LogP contribution in [0.15, 0.2) is 0 Å². The Bertz CT molecular complexity index is 301. The summed E-state index contributed by atoms with van der Waals surface area (Å²) in [5, 5.41) is 2.91. The first-order valence-corrected chi connectivity index (χ1v) is 7.29. The Morgan fingerprint density at radius 1 is 1.53 bits per heavy atom. The van der Waals surface area contributed by atoms with Crippen molar-refractivity contribution in [3.8, 4) is 0 Å². The number of amides is 2. The number of likely N-dealkylation sites (tertiary alicyclic amines) is 1. The van der Waals surface area contributed by atoms with Gasteiger partial charge < -0.3 is 19.7 Å². The molecule has 2 aliphatic rings. The Morgan fingerprint density at radius 2 is 2.37 bits per heavy atom. The van der Waals surface area contributed by atoms with E-state index in [4.69, 9.17) is 9.47 Å². The van der Waals surface area contributed by atoms with Gasteiger partial charge in [-0.2, -0.15) is 0 Å². The van der Waals surface area contributed by atoms with Gasteiger partial charge in [-0.1, -0.05) is 13.8 Å². The Balaban J connectivity index is 1.52. The fourth-order valence-electron chi connectivity index (χ4n) is 2.62. The van der Waals surface area contributed by atoms with E-state index in [1.807, 2.05) is 4.90 Å². The molecule has 2 fully saturated rings. The highest BCUT2D eigenvalue weighted by atomic mass is 16.5. The maximum atomic E-state index is 11.9. The summed E-state index contributed by atoms with van der Waals surface area (Å²) in [6.45, 7) is 8.73. The molecule has 0 radical (unpaired) electrons. The van der Waals surface area contributed by atoms with Crippen LogP contribution < -0.4 is 5.32 Å². The van der Waals surface area contributed by atoms with E-state index in [0.717, 1.165) is 39.0 Å². The highest BCUT2D eigenvalue weighted by Crippen LogP contribution is 2.28. The molecule has 0 aliphatic carbocycles. The summed E-state index contributed by atoms with van der Waals surface area (Å²) in [6.07, 6.45) is 3.57. The fraction of sp³-hybridized carbons (Fsp3) is 0.929. The van der Waals surface area contributed by atoms with Crippen LogP contribution in [0.1, 0.15) is 33.1 Å². The number of hydrogen-bond donors (Lipinski definition) is 1. The topological polar surface area (TPSA) is 50.8 Å². The number of rotatable bonds is 5. The van der Waals surface area contributed by atoms with Gasteiger partial charge in [0.1, 0.15) is 0 Å². The second-order valence-corrected chi connectivity index (χ2v) is 6.28. The predicted octanol–water partition coefficient (Wildman–Crippen LogP) is 1.62. The number of carbonyl (C=O) groups is 1. The van der Waals surface area contributed by atoms with E-state index in [0.29, 0.717) is 19.8 Å². The van der Waals surface area contributed by atoms with Crippen LogP contribution in [0.4, 0.5) is 4.79 Å². The van der Waals surface area contributed by atoms with Crippen molar-refractivity contribution in [3.05, 3.63) is 0 Å². The molecule has 0 aromatic carbocycles. The Hall–Kier alpha value is -0.810. The van der Waals surface area contributed by atoms with Crippen LogP contribution in [0.3, 0.4) is 0 Å². The molecule has 0 aromatic heterocycles. The van der Waals surface area contributed by atoms with Crippen LogP contribution in [-0.4, -0.2) is 56.5 Å². The molecular formula is C14H26N2O3. The van der Waals surface area contributed by atoms with Crippen molar-refractivity contribution in [1.29, 1.82) is 0 Å². The Morgan fingerprint density at radius 3 is 3.00 bits per heavy atom. The van der Waals surface area contributed by atoms with Crippen molar-refractivity contribution in [2.75, 3.05) is 39.5 Å². The van der Waals surface area contributed by atoms with Crippen LogP contribution >= 0.6 is 0 Å². The molecule has 2 amide bonds. The lowest BCUT2D eigenvalue weighted by atomic mass is 9.93. The van der Waals surface area contributed by atoms with E-state index < -0.39 is 0 Å². The quantitative estimate of drug-likeness (QED) is 0.772. The third kappa shape index (κ3) is 4.66. The first-order valence-electron chi connectivity index (χ1n) is 7.29. The normalized spacial score (nSPS) is 25.8. The third-order valence-corrected chi connectivity index (χ3v) is 3.81. The summed E-state index contributed by atoms with van der Waals surface area (Å²) < 4.78 is 11.0. The fourth-order valence-corrected chi connectivity index (χ4v) is 2.62. The largest absolute Gasteiger partial charge is 0.377 e. The molecule has 1 atom stereocenters. The monoisotopic (exact) mass is 270 g/mol. The molecule has 0 spiro atoms. The first kappa shape index (κ1) is 14.6. The number of carbonyl (C=O) groups excluding carboxylic acids is 1. The molecule has 5 heteroatoms. The number of hydrogen-bond acceptors (Lipinski definition) is 3. The number of nitrogens with zero attached hydrogens (tertiary/aromatic N) is 1. The molecule has 19 heavy (non-hydrogen) atoms. The maximum Gasteiger partial charge on any atom is 0.317 e. The SMILES string of the molecule is CC1(C)CCN(C(=O)NCCOC[C@@H]2CCCO2)C1. The first-order chi connectivity index (χ1) is 9.07. The van der Waals surface area contributed by atoms with Crippen molar-refractivity contribution in [3.63, 3.8) is 0 Å². The molecule has 0 bridgehead atoms. The lowest BCUT2D eigenvalue weighted by Crippen LogP contribution is -2.40. The average molecular weight is 270 g/mol. The second kappa shape index (κ2) is 6.57. The summed E-state index contributed by atoms with van der Waals surface area (Å²) in [6, 6.07) is 0.0336. The summed E-state index contributed by atoms with van der Waals surface area (Å²) in [5.74, 6) is 0. The van der Waals surface area contributed by atoms with Crippen molar-refractivity contribution in [2.24, 2.45) is 5.41 Å². The molecule has 0 saturated carbocycles. The van der Waals surface area contributed by atoms with Gasteiger partial charge in [0.05, 0.1) is 19.3 Å². The van der Waals surface area contributed by atoms with Gasteiger partial charge in [0, 0.05) is 26.2 Å². The van der Waals surface area contributed by atoms with Crippen molar-refractivity contribution >= 4 is 6.03 Å². The second-order valence-electron chi connectivity index (χ2n) is 6.28. The smallest absolute Gasteiger partial charge is 0.317 e. The van der Waals surface area contributed by atoms with Gasteiger partial charge in [0.25, 0.3) is 0 Å². The zero-order chi connectivity index (χ0) is 13.7. The van der Waals surface area contributed by atoms with Gasteiger partial charge in [0.15, 0.2) is 0 Å². The molecular weight excluding hydrogens is 244 g/mol. The lowest BCUT2D eigenvalue weighted by molar-refractivity contribution is 0.0186. The van der Waals surface area contributed by atoms with Crippen molar-refractivity contribution < 1.29 is 14.3 Å². The van der Waals surface area contributed by atoms with Gasteiger partial charge in [-0.3, -0.25) is 0 Å². The van der Waals surface area contributed by atoms with Crippen LogP contribution in [0.5, 0.6) is 0 Å². The minimum absolute atomic E-state index is 0.0336. The van der Waals surface area contributed by atoms with Crippen LogP contribution in [0.25, 0.3) is 0 Å². The lowest BCUT2D eigenvalue weighted by Gasteiger charge is -2.20. The standard InChI is InChI=1S/C14H26N2O3/c1-14(2)5-7-16(11-14)13(17)15-6-9-18-10-12-4-3-8-19-12/h12H,3-11H2,1-2H3,(H,15,17)/t12-/m0/s1. The molecule has 2 saturated heterocycles. The molecule has 110 valence electrons. The van der Waals surface area contributed by atoms with Gasteiger partial charge in [-0.15, -0.1) is 0 Å². The molecule has 2 heterocycles. The van der Waals surface area contributed by atoms with Gasteiger partial charge >= 0.3 is 6.03 Å². The zero-order valence-corrected chi connectivity index (χ0v) is 12.1. The van der Waals surface area contributed by atoms with E-state index in [1.165, 1.54) is 0 Å². The average Bonchev–Trinajstić information content (AvgIpc) is 2.98. The Kier molecular flexibility index (Phi) is 5.05. The van der Waals surface area contributed by atoms with E-state index in [9.17, 15) is 4.79 Å². The van der Waals surface area contributed by atoms with Crippen LogP contribution in [0.2, 0.25) is 0 Å². The van der Waals surface area contributed by atoms with E-state index in [-0.39, 0.29) is 17.6 Å². The molecule has 1 N–H and O–H groups in total. The van der Waals surface area contributed by atoms with Crippen LogP contribution in [0, 0.1) is 5.41 Å². The third-order valence-electron chi connectivity index (χ3n) is 3.81. The summed E-state index contributed by atoms with van der Waals surface area (Å²) in [7, 11) is 0. The summed E-state index contributed by atoms with van der Waals surface area (Å²) >= 11 is 0. The molecule has 2 rings (SSSR count). The number of ether oxygens (including phenoxy) is 2. The van der Waals surface area contributed by atoms with Gasteiger partial charge in [0.2, 0.25) is 0 Å². The highest BCUT2D eigenvalue weighted by molar-refractivity contribution is 5.74. The minimum atomic E-state index is 0.0336. The molecule has 0 unspecified atom stereocenters. The zero-order valence-electron chi connectivity index (χ0n) is 12.1. The molecule has 0 aromatic rings. The van der Waals surface area contributed by atoms with Crippen molar-refractivity contribution in [1.82, 2.24) is 10.2 Å². The van der Waals surface area contributed by atoms with Crippen LogP contribution in [-0.2, 0) is 9.47 Å². The summed E-state index contributed by atoms with van der Waals surface area (Å²) in [4.78, 5) is 13.8. The number of nitrogens with one attached hydrogen (secondary N) is 1. The van der Waals surface area contributed by atoms with Gasteiger partial charge in [-0.25, -0.2) is 4.79 Å². The summed E-state index contributed by atoms with van der Waals surface area (Å²) in [5.41, 5.74) is 0.258. The number of urea groups is 1. The van der Waals surface area contributed by atoms with E-state index in [2.05, 4.69) is 19.2 Å². The molecule has 5 nitrogen and oxygen atoms in total. The maximum absolute atomic E-state index is 11.9.